The molecule has 0 heterocycles. The van der Waals surface area contributed by atoms with Crippen molar-refractivity contribution in [3.8, 4) is 6.07 Å². The molecule has 2 aliphatic rings. The highest BCUT2D eigenvalue weighted by molar-refractivity contribution is 5.50. The van der Waals surface area contributed by atoms with Crippen LogP contribution in [0.4, 0.5) is 0 Å². The van der Waals surface area contributed by atoms with E-state index in [1.807, 2.05) is 6.07 Å². The Hall–Kier alpha value is -2.01. The van der Waals surface area contributed by atoms with Gasteiger partial charge < -0.3 is 4.74 Å². The van der Waals surface area contributed by atoms with Crippen LogP contribution in [0.2, 0.25) is 0 Å². The molecular formula is C18H19NO. The van der Waals surface area contributed by atoms with Crippen LogP contribution in [-0.2, 0) is 10.2 Å². The van der Waals surface area contributed by atoms with E-state index in [0.717, 1.165) is 24.2 Å². The quantitative estimate of drug-likeness (QED) is 0.767. The number of nitriles is 1. The molecule has 2 aliphatic carbocycles. The lowest BCUT2D eigenvalue weighted by Crippen LogP contribution is -2.28. The van der Waals surface area contributed by atoms with Gasteiger partial charge in [0.25, 0.3) is 0 Å². The first-order chi connectivity index (χ1) is 9.82. The van der Waals surface area contributed by atoms with Crippen LogP contribution in [0.1, 0.15) is 31.2 Å². The van der Waals surface area contributed by atoms with Crippen LogP contribution in [0, 0.1) is 17.2 Å². The third-order valence-corrected chi connectivity index (χ3v) is 4.75. The van der Waals surface area contributed by atoms with Gasteiger partial charge in [-0.05, 0) is 24.3 Å². The van der Waals surface area contributed by atoms with Crippen LogP contribution in [0.3, 0.4) is 0 Å². The molecule has 102 valence electrons. The number of benzene rings is 1. The van der Waals surface area contributed by atoms with E-state index in [1.165, 1.54) is 18.4 Å². The Morgan fingerprint density at radius 3 is 2.90 bits per heavy atom. The van der Waals surface area contributed by atoms with Crippen LogP contribution in [0.5, 0.6) is 0 Å². The minimum atomic E-state index is -0.105. The molecule has 0 saturated heterocycles. The number of allylic oxidation sites excluding steroid dienone is 2. The molecule has 1 saturated carbocycles. The number of rotatable bonds is 4. The normalized spacial score (nSPS) is 28.1. The zero-order chi connectivity index (χ0) is 14.0. The second kappa shape index (κ2) is 5.17. The van der Waals surface area contributed by atoms with Crippen LogP contribution < -0.4 is 0 Å². The summed E-state index contributed by atoms with van der Waals surface area (Å²) < 4.78 is 5.78. The van der Waals surface area contributed by atoms with Gasteiger partial charge in [0.1, 0.15) is 12.4 Å². The molecule has 1 fully saturated rings. The van der Waals surface area contributed by atoms with Gasteiger partial charge in [0.15, 0.2) is 0 Å². The van der Waals surface area contributed by atoms with E-state index in [4.69, 9.17) is 4.74 Å². The fourth-order valence-electron chi connectivity index (χ4n) is 3.97. The standard InChI is InChI=1S/C18H19NO/c1-2-11-20-17-12-15-9-6-10-18(15,16(17)13-19)14-7-4-3-5-8-14/h2-5,7-8,15H,1,6,9-12H2/t15-,18+/m0/s1. The Morgan fingerprint density at radius 2 is 2.20 bits per heavy atom. The molecule has 1 aromatic carbocycles. The highest BCUT2D eigenvalue weighted by atomic mass is 16.5. The maximum absolute atomic E-state index is 9.70. The molecule has 2 atom stereocenters. The van der Waals surface area contributed by atoms with Crippen LogP contribution in [0.15, 0.2) is 54.3 Å². The van der Waals surface area contributed by atoms with Gasteiger partial charge in [-0.25, -0.2) is 0 Å². The van der Waals surface area contributed by atoms with Gasteiger partial charge in [-0.2, -0.15) is 5.26 Å². The average Bonchev–Trinajstić information content (AvgIpc) is 3.02. The number of ether oxygens (including phenoxy) is 1. The van der Waals surface area contributed by atoms with Gasteiger partial charge in [0.05, 0.1) is 11.6 Å². The van der Waals surface area contributed by atoms with Crippen molar-refractivity contribution in [2.24, 2.45) is 5.92 Å². The molecule has 0 spiro atoms. The van der Waals surface area contributed by atoms with Crippen molar-refractivity contribution in [2.45, 2.75) is 31.1 Å². The van der Waals surface area contributed by atoms with E-state index in [2.05, 4.69) is 36.9 Å². The van der Waals surface area contributed by atoms with E-state index >= 15 is 0 Å². The summed E-state index contributed by atoms with van der Waals surface area (Å²) in [4.78, 5) is 0. The Labute approximate surface area is 120 Å². The Morgan fingerprint density at radius 1 is 1.40 bits per heavy atom. The Balaban J connectivity index is 2.08. The van der Waals surface area contributed by atoms with E-state index in [9.17, 15) is 5.26 Å². The number of nitrogens with zero attached hydrogens (tertiary/aromatic N) is 1. The molecule has 0 amide bonds. The summed E-state index contributed by atoms with van der Waals surface area (Å²) in [5.74, 6) is 1.40. The third kappa shape index (κ3) is 1.78. The molecule has 0 aliphatic heterocycles. The summed E-state index contributed by atoms with van der Waals surface area (Å²) in [6, 6.07) is 12.9. The van der Waals surface area contributed by atoms with Crippen molar-refractivity contribution >= 4 is 0 Å². The summed E-state index contributed by atoms with van der Waals surface area (Å²) in [7, 11) is 0. The van der Waals surface area contributed by atoms with Crippen molar-refractivity contribution in [1.29, 1.82) is 5.26 Å². The largest absolute Gasteiger partial charge is 0.493 e. The minimum Gasteiger partial charge on any atom is -0.493 e. The highest BCUT2D eigenvalue weighted by Gasteiger charge is 2.53. The van der Waals surface area contributed by atoms with E-state index < -0.39 is 0 Å². The van der Waals surface area contributed by atoms with Crippen LogP contribution >= 0.6 is 0 Å². The lowest BCUT2D eigenvalue weighted by atomic mass is 9.71. The van der Waals surface area contributed by atoms with Gasteiger partial charge in [-0.15, -0.1) is 0 Å². The van der Waals surface area contributed by atoms with Gasteiger partial charge in [-0.3, -0.25) is 0 Å². The topological polar surface area (TPSA) is 33.0 Å². The lowest BCUT2D eigenvalue weighted by molar-refractivity contribution is 0.231. The summed E-state index contributed by atoms with van der Waals surface area (Å²) >= 11 is 0. The van der Waals surface area contributed by atoms with Gasteiger partial charge in [0.2, 0.25) is 0 Å². The second-order valence-corrected chi connectivity index (χ2v) is 5.64. The maximum Gasteiger partial charge on any atom is 0.111 e. The predicted molar refractivity (Wildman–Crippen MR) is 78.9 cm³/mol. The van der Waals surface area contributed by atoms with Crippen molar-refractivity contribution in [3.63, 3.8) is 0 Å². The van der Waals surface area contributed by atoms with Gasteiger partial charge >= 0.3 is 0 Å². The molecule has 2 heteroatoms. The van der Waals surface area contributed by atoms with E-state index in [0.29, 0.717) is 12.5 Å². The van der Waals surface area contributed by atoms with Crippen molar-refractivity contribution in [3.05, 3.63) is 59.9 Å². The number of hydrogen-bond donors (Lipinski definition) is 0. The first kappa shape index (κ1) is 13.0. The van der Waals surface area contributed by atoms with E-state index in [1.54, 1.807) is 6.08 Å². The average molecular weight is 265 g/mol. The Bertz CT molecular complexity index is 581. The van der Waals surface area contributed by atoms with Crippen molar-refractivity contribution in [1.82, 2.24) is 0 Å². The molecule has 1 aromatic rings. The first-order valence-electron chi connectivity index (χ1n) is 7.26. The molecule has 0 bridgehead atoms. The molecule has 0 unspecified atom stereocenters. The maximum atomic E-state index is 9.70. The summed E-state index contributed by atoms with van der Waals surface area (Å²) in [6.45, 7) is 4.17. The second-order valence-electron chi connectivity index (χ2n) is 5.64. The molecule has 0 aromatic heterocycles. The zero-order valence-corrected chi connectivity index (χ0v) is 11.6. The molecule has 20 heavy (non-hydrogen) atoms. The SMILES string of the molecule is C=CCOC1=C(C#N)[C@@]2(c3ccccc3)CCC[C@H]2C1. The molecule has 0 radical (unpaired) electrons. The zero-order valence-electron chi connectivity index (χ0n) is 11.6. The van der Waals surface area contributed by atoms with Crippen LogP contribution in [0.25, 0.3) is 0 Å². The lowest BCUT2D eigenvalue weighted by Gasteiger charge is -2.30. The fourth-order valence-corrected chi connectivity index (χ4v) is 3.97. The molecule has 2 nitrogen and oxygen atoms in total. The summed E-state index contributed by atoms with van der Waals surface area (Å²) in [6.07, 6.45) is 6.07. The fraction of sp³-hybridized carbons (Fsp3) is 0.389. The van der Waals surface area contributed by atoms with Crippen LogP contribution in [-0.4, -0.2) is 6.61 Å². The summed E-state index contributed by atoms with van der Waals surface area (Å²) in [5, 5.41) is 9.70. The van der Waals surface area contributed by atoms with E-state index in [-0.39, 0.29) is 5.41 Å². The smallest absolute Gasteiger partial charge is 0.111 e. The number of hydrogen-bond acceptors (Lipinski definition) is 2. The van der Waals surface area contributed by atoms with Crippen molar-refractivity contribution < 1.29 is 4.74 Å². The van der Waals surface area contributed by atoms with Crippen molar-refractivity contribution in [2.75, 3.05) is 6.61 Å². The van der Waals surface area contributed by atoms with Gasteiger partial charge in [-0.1, -0.05) is 49.4 Å². The minimum absolute atomic E-state index is 0.105. The predicted octanol–water partition coefficient (Wildman–Crippen LogP) is 4.11. The molecule has 3 rings (SSSR count). The monoisotopic (exact) mass is 265 g/mol. The van der Waals surface area contributed by atoms with Gasteiger partial charge in [0, 0.05) is 11.8 Å². The number of fused-ring (bicyclic) bond motifs is 1. The Kier molecular flexibility index (Phi) is 3.36. The first-order valence-corrected chi connectivity index (χ1v) is 7.26. The summed E-state index contributed by atoms with van der Waals surface area (Å²) in [5.41, 5.74) is 2.02. The third-order valence-electron chi connectivity index (χ3n) is 4.75. The molecular weight excluding hydrogens is 246 g/mol. The molecule has 0 N–H and O–H groups in total. The highest BCUT2D eigenvalue weighted by Crippen LogP contribution is 2.58.